The fourth-order valence-corrected chi connectivity index (χ4v) is 5.75. The van der Waals surface area contributed by atoms with Gasteiger partial charge in [0.15, 0.2) is 11.5 Å². The molecule has 2 N–H and O–H groups in total. The van der Waals surface area contributed by atoms with Crippen molar-refractivity contribution in [2.75, 3.05) is 44.6 Å². The lowest BCUT2D eigenvalue weighted by atomic mass is 10.1. The SMILES string of the molecule is C=C(F)C(=O)N1CC(OC(=O)N2CC3C(C2)C3Nc2cc(O[C@@H]3CCCNC3)nc3c(C(C)C)cnn23)C1. The molecule has 2 aromatic rings. The molecule has 4 aliphatic rings. The van der Waals surface area contributed by atoms with E-state index in [2.05, 4.69) is 36.2 Å². The Morgan fingerprint density at radius 1 is 1.18 bits per heavy atom. The second-order valence-corrected chi connectivity index (χ2v) is 11.1. The van der Waals surface area contributed by atoms with Crippen LogP contribution in [-0.4, -0.2) is 93.9 Å². The summed E-state index contributed by atoms with van der Waals surface area (Å²) in [5.74, 6) is 0.578. The summed E-state index contributed by atoms with van der Waals surface area (Å²) < 4.78 is 26.6. The molecular formula is C26H34FN7O4. The number of nitrogens with zero attached hydrogens (tertiary/aromatic N) is 5. The average molecular weight is 528 g/mol. The van der Waals surface area contributed by atoms with Crippen LogP contribution in [-0.2, 0) is 9.53 Å². The van der Waals surface area contributed by atoms with E-state index in [1.807, 2.05) is 16.8 Å². The van der Waals surface area contributed by atoms with Gasteiger partial charge in [-0.3, -0.25) is 4.79 Å². The molecule has 2 amide bonds. The normalized spacial score (nSPS) is 26.7. The highest BCUT2D eigenvalue weighted by atomic mass is 19.1. The molecule has 4 fully saturated rings. The third kappa shape index (κ3) is 4.65. The smallest absolute Gasteiger partial charge is 0.410 e. The summed E-state index contributed by atoms with van der Waals surface area (Å²) in [6, 6.07) is 2.14. The number of ether oxygens (including phenoxy) is 2. The van der Waals surface area contributed by atoms with E-state index in [4.69, 9.17) is 14.5 Å². The summed E-state index contributed by atoms with van der Waals surface area (Å²) in [6.45, 7) is 10.7. The summed E-state index contributed by atoms with van der Waals surface area (Å²) in [5.41, 5.74) is 1.86. The van der Waals surface area contributed by atoms with E-state index < -0.39 is 17.8 Å². The molecule has 0 radical (unpaired) electrons. The number of carbonyl (C=O) groups excluding carboxylic acids is 2. The fourth-order valence-electron chi connectivity index (χ4n) is 5.75. The predicted octanol–water partition coefficient (Wildman–Crippen LogP) is 2.16. The van der Waals surface area contributed by atoms with E-state index in [0.717, 1.165) is 43.0 Å². The highest BCUT2D eigenvalue weighted by Crippen LogP contribution is 2.47. The number of rotatable bonds is 7. The van der Waals surface area contributed by atoms with Crippen molar-refractivity contribution < 1.29 is 23.5 Å². The molecule has 204 valence electrons. The molecule has 11 nitrogen and oxygen atoms in total. The highest BCUT2D eigenvalue weighted by Gasteiger charge is 2.57. The lowest BCUT2D eigenvalue weighted by molar-refractivity contribution is -0.139. The van der Waals surface area contributed by atoms with Crippen LogP contribution in [0.5, 0.6) is 5.88 Å². The molecule has 0 bridgehead atoms. The molecule has 38 heavy (non-hydrogen) atoms. The number of amides is 2. The zero-order valence-corrected chi connectivity index (χ0v) is 21.7. The number of nitrogens with one attached hydrogen (secondary N) is 2. The number of carbonyl (C=O) groups is 2. The average Bonchev–Trinajstić information content (AvgIpc) is 3.21. The molecule has 5 heterocycles. The van der Waals surface area contributed by atoms with Gasteiger partial charge in [0.25, 0.3) is 5.91 Å². The highest BCUT2D eigenvalue weighted by molar-refractivity contribution is 5.91. The van der Waals surface area contributed by atoms with E-state index in [-0.39, 0.29) is 37.2 Å². The molecule has 0 aromatic carbocycles. The Hall–Kier alpha value is -3.41. The van der Waals surface area contributed by atoms with Crippen molar-refractivity contribution in [3.8, 4) is 5.88 Å². The monoisotopic (exact) mass is 527 g/mol. The van der Waals surface area contributed by atoms with Gasteiger partial charge in [0.05, 0.1) is 19.3 Å². The Labute approximate surface area is 220 Å². The summed E-state index contributed by atoms with van der Waals surface area (Å²) in [5, 5.41) is 11.6. The maximum absolute atomic E-state index is 13.0. The van der Waals surface area contributed by atoms with Gasteiger partial charge in [0, 0.05) is 49.1 Å². The molecule has 3 atom stereocenters. The number of halogens is 1. The van der Waals surface area contributed by atoms with Crippen molar-refractivity contribution in [1.29, 1.82) is 0 Å². The number of hydrogen-bond donors (Lipinski definition) is 2. The molecular weight excluding hydrogens is 493 g/mol. The number of piperidine rings is 2. The van der Waals surface area contributed by atoms with Gasteiger partial charge in [0.1, 0.15) is 18.0 Å². The maximum atomic E-state index is 13.0. The molecule has 1 aliphatic carbocycles. The molecule has 6 rings (SSSR count). The standard InChI is InChI=1S/C26H34FN7O4/c1-14(2)18-9-29-34-21(7-22(31-24(18)34)37-16-5-4-6-28-8-16)30-23-19-12-33(13-20(19)23)26(36)38-17-10-32(11-17)25(35)15(3)27/h7,9,14,16-17,19-20,23,28,30H,3-6,8,10-13H2,1-2H3/t16-,19?,20?,23?/m1/s1. The Balaban J connectivity index is 1.08. The zero-order chi connectivity index (χ0) is 26.6. The second kappa shape index (κ2) is 9.72. The van der Waals surface area contributed by atoms with E-state index in [9.17, 15) is 14.0 Å². The van der Waals surface area contributed by atoms with Gasteiger partial charge >= 0.3 is 6.09 Å². The van der Waals surface area contributed by atoms with E-state index >= 15 is 0 Å². The number of hydrogen-bond acceptors (Lipinski definition) is 8. The summed E-state index contributed by atoms with van der Waals surface area (Å²) in [7, 11) is 0. The number of aromatic nitrogens is 3. The summed E-state index contributed by atoms with van der Waals surface area (Å²) >= 11 is 0. The fraction of sp³-hybridized carbons (Fsp3) is 0.615. The van der Waals surface area contributed by atoms with Crippen molar-refractivity contribution in [3.05, 3.63) is 30.2 Å². The minimum Gasteiger partial charge on any atom is -0.473 e. The van der Waals surface area contributed by atoms with Crippen molar-refractivity contribution in [2.24, 2.45) is 11.8 Å². The Morgan fingerprint density at radius 3 is 2.61 bits per heavy atom. The van der Waals surface area contributed by atoms with Crippen molar-refractivity contribution in [2.45, 2.75) is 50.9 Å². The van der Waals surface area contributed by atoms with Crippen LogP contribution in [0.2, 0.25) is 0 Å². The predicted molar refractivity (Wildman–Crippen MR) is 137 cm³/mol. The number of likely N-dealkylation sites (tertiary alicyclic amines) is 2. The Morgan fingerprint density at radius 2 is 1.95 bits per heavy atom. The van der Waals surface area contributed by atoms with Gasteiger partial charge in [-0.05, 0) is 25.3 Å². The minimum absolute atomic E-state index is 0.0912. The van der Waals surface area contributed by atoms with Crippen LogP contribution in [0.4, 0.5) is 15.0 Å². The van der Waals surface area contributed by atoms with Gasteiger partial charge in [0.2, 0.25) is 5.88 Å². The van der Waals surface area contributed by atoms with E-state index in [1.165, 1.54) is 4.90 Å². The van der Waals surface area contributed by atoms with Crippen LogP contribution in [0.1, 0.15) is 38.2 Å². The molecule has 1 saturated carbocycles. The largest absolute Gasteiger partial charge is 0.473 e. The molecule has 2 aromatic heterocycles. The van der Waals surface area contributed by atoms with Gasteiger partial charge in [-0.1, -0.05) is 20.4 Å². The topological polar surface area (TPSA) is 113 Å². The summed E-state index contributed by atoms with van der Waals surface area (Å²) in [4.78, 5) is 32.0. The number of fused-ring (bicyclic) bond motifs is 2. The van der Waals surface area contributed by atoms with Crippen molar-refractivity contribution in [1.82, 2.24) is 29.7 Å². The Bertz CT molecular complexity index is 1240. The van der Waals surface area contributed by atoms with E-state index in [1.54, 1.807) is 4.90 Å². The first-order valence-corrected chi connectivity index (χ1v) is 13.4. The van der Waals surface area contributed by atoms with Crippen molar-refractivity contribution in [3.63, 3.8) is 0 Å². The molecule has 12 heteroatoms. The quantitative estimate of drug-likeness (QED) is 0.527. The van der Waals surface area contributed by atoms with Crippen LogP contribution in [0.25, 0.3) is 5.65 Å². The third-order valence-electron chi connectivity index (χ3n) is 8.04. The van der Waals surface area contributed by atoms with Crippen LogP contribution < -0.4 is 15.4 Å². The lowest BCUT2D eigenvalue weighted by Crippen LogP contribution is -2.56. The van der Waals surface area contributed by atoms with Gasteiger partial charge in [-0.2, -0.15) is 14.6 Å². The molecule has 0 spiro atoms. The van der Waals surface area contributed by atoms with Crippen LogP contribution >= 0.6 is 0 Å². The zero-order valence-electron chi connectivity index (χ0n) is 21.7. The first-order chi connectivity index (χ1) is 18.3. The molecule has 3 saturated heterocycles. The molecule has 3 aliphatic heterocycles. The first-order valence-electron chi connectivity index (χ1n) is 13.4. The second-order valence-electron chi connectivity index (χ2n) is 11.1. The minimum atomic E-state index is -1.00. The van der Waals surface area contributed by atoms with E-state index in [0.29, 0.717) is 30.8 Å². The van der Waals surface area contributed by atoms with Crippen LogP contribution in [0, 0.1) is 11.8 Å². The first kappa shape index (κ1) is 24.9. The van der Waals surface area contributed by atoms with Gasteiger partial charge in [-0.25, -0.2) is 9.18 Å². The Kier molecular flexibility index (Phi) is 6.37. The van der Waals surface area contributed by atoms with Gasteiger partial charge in [-0.15, -0.1) is 0 Å². The maximum Gasteiger partial charge on any atom is 0.410 e. The third-order valence-corrected chi connectivity index (χ3v) is 8.04. The number of anilines is 1. The van der Waals surface area contributed by atoms with Crippen LogP contribution in [0.3, 0.4) is 0 Å². The lowest BCUT2D eigenvalue weighted by Gasteiger charge is -2.38. The van der Waals surface area contributed by atoms with Crippen LogP contribution in [0.15, 0.2) is 24.7 Å². The summed E-state index contributed by atoms with van der Waals surface area (Å²) in [6.07, 6.45) is 3.25. The molecule has 2 unspecified atom stereocenters. The van der Waals surface area contributed by atoms with Gasteiger partial charge < -0.3 is 29.9 Å². The van der Waals surface area contributed by atoms with Crippen molar-refractivity contribution >= 4 is 23.5 Å².